The van der Waals surface area contributed by atoms with E-state index in [0.29, 0.717) is 16.3 Å². The molecule has 3 aromatic carbocycles. The van der Waals surface area contributed by atoms with Gasteiger partial charge in [-0.3, -0.25) is 9.59 Å². The summed E-state index contributed by atoms with van der Waals surface area (Å²) in [5.74, 6) is -0.480. The molecule has 0 aliphatic rings. The van der Waals surface area contributed by atoms with Crippen molar-refractivity contribution in [1.82, 2.24) is 10.7 Å². The lowest BCUT2D eigenvalue weighted by Gasteiger charge is -2.21. The van der Waals surface area contributed by atoms with E-state index in [0.717, 1.165) is 5.56 Å². The first-order valence-corrected chi connectivity index (χ1v) is 11.7. The maximum absolute atomic E-state index is 12.9. The topological polar surface area (TPSA) is 109 Å². The van der Waals surface area contributed by atoms with Gasteiger partial charge in [0.2, 0.25) is 0 Å². The fraction of sp³-hybridized carbons (Fsp3) is 0.192. The Bertz CT molecular complexity index is 1240. The quantitative estimate of drug-likeness (QED) is 0.267. The van der Waals surface area contributed by atoms with Crippen LogP contribution in [-0.2, 0) is 16.0 Å². The van der Waals surface area contributed by atoms with Crippen molar-refractivity contribution in [2.45, 2.75) is 25.5 Å². The summed E-state index contributed by atoms with van der Waals surface area (Å²) < 4.78 is 10.7. The standard InChI is InChI=1S/C26H25Cl2N3O5/c1-16(36-23-11-9-19(27)14-20(23)28)25(33)30-21(12-17-6-4-3-5-7-17)26(34)31-29-15-18-8-10-22(32)24(13-18)35-2/h3-11,13-16,21,32H,12H2,1-2H3,(H,30,33)(H,31,34)/b29-15-/t16-,21-/m1/s1. The van der Waals surface area contributed by atoms with Crippen LogP contribution in [0, 0.1) is 0 Å². The molecule has 0 heterocycles. The zero-order valence-corrected chi connectivity index (χ0v) is 21.1. The molecule has 0 spiro atoms. The van der Waals surface area contributed by atoms with Gasteiger partial charge in [-0.15, -0.1) is 0 Å². The molecule has 0 fully saturated rings. The van der Waals surface area contributed by atoms with Gasteiger partial charge < -0.3 is 19.9 Å². The van der Waals surface area contributed by atoms with Gasteiger partial charge in [-0.25, -0.2) is 5.43 Å². The normalized spacial score (nSPS) is 12.6. The van der Waals surface area contributed by atoms with Crippen molar-refractivity contribution in [2.24, 2.45) is 5.10 Å². The van der Waals surface area contributed by atoms with Crippen LogP contribution in [0.25, 0.3) is 0 Å². The van der Waals surface area contributed by atoms with Gasteiger partial charge in [0, 0.05) is 11.4 Å². The van der Waals surface area contributed by atoms with Gasteiger partial charge in [-0.05, 0) is 54.4 Å². The molecule has 36 heavy (non-hydrogen) atoms. The summed E-state index contributed by atoms with van der Waals surface area (Å²) in [5, 5.41) is 17.1. The number of phenolic OH excluding ortho intramolecular Hbond substituents is 1. The Morgan fingerprint density at radius 2 is 1.78 bits per heavy atom. The maximum atomic E-state index is 12.9. The van der Waals surface area contributed by atoms with E-state index in [-0.39, 0.29) is 22.9 Å². The molecular formula is C26H25Cl2N3O5. The molecule has 0 saturated heterocycles. The van der Waals surface area contributed by atoms with Crippen LogP contribution in [-0.4, -0.2) is 42.4 Å². The Balaban J connectivity index is 1.69. The number of methoxy groups -OCH3 is 1. The predicted molar refractivity (Wildman–Crippen MR) is 139 cm³/mol. The predicted octanol–water partition coefficient (Wildman–Crippen LogP) is 4.35. The van der Waals surface area contributed by atoms with E-state index in [1.54, 1.807) is 31.2 Å². The number of hydrogen-bond acceptors (Lipinski definition) is 6. The second-order valence-electron chi connectivity index (χ2n) is 7.75. The van der Waals surface area contributed by atoms with Crippen LogP contribution in [0.1, 0.15) is 18.1 Å². The third-order valence-electron chi connectivity index (χ3n) is 5.07. The van der Waals surface area contributed by atoms with Gasteiger partial charge in [-0.2, -0.15) is 5.10 Å². The number of carbonyl (C=O) groups excluding carboxylic acids is 2. The number of hydrazone groups is 1. The smallest absolute Gasteiger partial charge is 0.262 e. The molecule has 0 radical (unpaired) electrons. The number of nitrogens with one attached hydrogen (secondary N) is 2. The molecule has 2 atom stereocenters. The molecule has 188 valence electrons. The van der Waals surface area contributed by atoms with Crippen molar-refractivity contribution in [3.8, 4) is 17.2 Å². The molecule has 10 heteroatoms. The Morgan fingerprint density at radius 3 is 2.47 bits per heavy atom. The van der Waals surface area contributed by atoms with E-state index in [2.05, 4.69) is 15.8 Å². The first-order chi connectivity index (χ1) is 17.3. The molecule has 0 aromatic heterocycles. The molecule has 0 saturated carbocycles. The number of carbonyl (C=O) groups is 2. The van der Waals surface area contributed by atoms with Crippen LogP contribution >= 0.6 is 23.2 Å². The Morgan fingerprint density at radius 1 is 1.03 bits per heavy atom. The molecule has 2 amide bonds. The van der Waals surface area contributed by atoms with Crippen LogP contribution in [0.3, 0.4) is 0 Å². The van der Waals surface area contributed by atoms with Crippen LogP contribution in [0.5, 0.6) is 17.2 Å². The lowest BCUT2D eigenvalue weighted by atomic mass is 10.1. The van der Waals surface area contributed by atoms with E-state index >= 15 is 0 Å². The first kappa shape index (κ1) is 26.8. The SMILES string of the molecule is COc1cc(/C=N\NC(=O)[C@@H](Cc2ccccc2)NC(=O)[C@@H](C)Oc2ccc(Cl)cc2Cl)ccc1O. The summed E-state index contributed by atoms with van der Waals surface area (Å²) in [5.41, 5.74) is 3.89. The molecule has 0 bridgehead atoms. The van der Waals surface area contributed by atoms with Crippen LogP contribution in [0.2, 0.25) is 10.0 Å². The summed E-state index contributed by atoms with van der Waals surface area (Å²) in [6, 6.07) is 17.6. The van der Waals surface area contributed by atoms with Crippen LogP contribution in [0.15, 0.2) is 71.8 Å². The highest BCUT2D eigenvalue weighted by molar-refractivity contribution is 6.35. The van der Waals surface area contributed by atoms with Crippen molar-refractivity contribution >= 4 is 41.2 Å². The Hall–Kier alpha value is -3.75. The average molecular weight is 530 g/mol. The first-order valence-electron chi connectivity index (χ1n) is 10.9. The lowest BCUT2D eigenvalue weighted by molar-refractivity contribution is -0.132. The minimum atomic E-state index is -0.942. The number of aromatic hydroxyl groups is 1. The van der Waals surface area contributed by atoms with Crippen molar-refractivity contribution in [3.63, 3.8) is 0 Å². The average Bonchev–Trinajstić information content (AvgIpc) is 2.86. The number of phenols is 1. The third kappa shape index (κ3) is 7.63. The van der Waals surface area contributed by atoms with E-state index in [1.807, 2.05) is 30.3 Å². The number of amides is 2. The summed E-state index contributed by atoms with van der Waals surface area (Å²) in [6.07, 6.45) is 0.688. The van der Waals surface area contributed by atoms with E-state index < -0.39 is 24.0 Å². The zero-order chi connectivity index (χ0) is 26.1. The number of benzene rings is 3. The van der Waals surface area contributed by atoms with E-state index in [9.17, 15) is 14.7 Å². The summed E-state index contributed by atoms with van der Waals surface area (Å²) in [6.45, 7) is 1.55. The summed E-state index contributed by atoms with van der Waals surface area (Å²) >= 11 is 12.0. The van der Waals surface area contributed by atoms with Gasteiger partial charge in [-0.1, -0.05) is 53.5 Å². The van der Waals surface area contributed by atoms with Crippen molar-refractivity contribution in [3.05, 3.63) is 87.9 Å². The van der Waals surface area contributed by atoms with Crippen molar-refractivity contribution < 1.29 is 24.2 Å². The lowest BCUT2D eigenvalue weighted by Crippen LogP contribution is -2.50. The molecular weight excluding hydrogens is 505 g/mol. The van der Waals surface area contributed by atoms with Crippen LogP contribution < -0.4 is 20.2 Å². The molecule has 3 rings (SSSR count). The molecule has 3 aromatic rings. The van der Waals surface area contributed by atoms with Gasteiger partial charge in [0.1, 0.15) is 11.8 Å². The maximum Gasteiger partial charge on any atom is 0.262 e. The third-order valence-corrected chi connectivity index (χ3v) is 5.61. The fourth-order valence-corrected chi connectivity index (χ4v) is 3.64. The fourth-order valence-electron chi connectivity index (χ4n) is 3.19. The highest BCUT2D eigenvalue weighted by atomic mass is 35.5. The Labute approximate surface area is 218 Å². The molecule has 0 unspecified atom stereocenters. The highest BCUT2D eigenvalue weighted by Crippen LogP contribution is 2.28. The van der Waals surface area contributed by atoms with Crippen molar-refractivity contribution in [2.75, 3.05) is 7.11 Å². The number of ether oxygens (including phenoxy) is 2. The number of hydrogen-bond donors (Lipinski definition) is 3. The monoisotopic (exact) mass is 529 g/mol. The van der Waals surface area contributed by atoms with Gasteiger partial charge in [0.05, 0.1) is 18.3 Å². The van der Waals surface area contributed by atoms with E-state index in [4.69, 9.17) is 32.7 Å². The highest BCUT2D eigenvalue weighted by Gasteiger charge is 2.25. The second-order valence-corrected chi connectivity index (χ2v) is 8.59. The minimum Gasteiger partial charge on any atom is -0.504 e. The van der Waals surface area contributed by atoms with Crippen molar-refractivity contribution in [1.29, 1.82) is 0 Å². The van der Waals surface area contributed by atoms with Gasteiger partial charge in [0.25, 0.3) is 11.8 Å². The minimum absolute atomic E-state index is 0.0134. The zero-order valence-electron chi connectivity index (χ0n) is 19.6. The number of nitrogens with zero attached hydrogens (tertiary/aromatic N) is 1. The van der Waals surface area contributed by atoms with E-state index in [1.165, 1.54) is 25.5 Å². The van der Waals surface area contributed by atoms with Gasteiger partial charge in [0.15, 0.2) is 17.6 Å². The summed E-state index contributed by atoms with van der Waals surface area (Å²) in [4.78, 5) is 25.8. The molecule has 8 nitrogen and oxygen atoms in total. The number of rotatable bonds is 10. The molecule has 0 aliphatic heterocycles. The summed E-state index contributed by atoms with van der Waals surface area (Å²) in [7, 11) is 1.43. The van der Waals surface area contributed by atoms with Crippen LogP contribution in [0.4, 0.5) is 0 Å². The largest absolute Gasteiger partial charge is 0.504 e. The van der Waals surface area contributed by atoms with Gasteiger partial charge >= 0.3 is 0 Å². The Kier molecular flexibility index (Phi) is 9.55. The number of halogens is 2. The molecule has 3 N–H and O–H groups in total. The molecule has 0 aliphatic carbocycles. The second kappa shape index (κ2) is 12.8.